The van der Waals surface area contributed by atoms with Crippen molar-refractivity contribution in [3.8, 4) is 5.75 Å². The summed E-state index contributed by atoms with van der Waals surface area (Å²) in [5.74, 6) is 1.95. The molecule has 3 aromatic rings. The van der Waals surface area contributed by atoms with Crippen LogP contribution in [0.3, 0.4) is 0 Å². The number of imidazole rings is 1. The minimum atomic E-state index is 0.113. The molecule has 0 radical (unpaired) electrons. The Kier molecular flexibility index (Phi) is 4.84. The number of piperidine rings is 1. The molecular weight excluding hydrogens is 350 g/mol. The number of hydrogen-bond donors (Lipinski definition) is 0. The predicted octanol–water partition coefficient (Wildman–Crippen LogP) is 4.45. The third-order valence-corrected chi connectivity index (χ3v) is 5.80. The van der Waals surface area contributed by atoms with Crippen LogP contribution in [0.5, 0.6) is 5.75 Å². The lowest BCUT2D eigenvalue weighted by atomic mass is 10.0. The smallest absolute Gasteiger partial charge is 0.254 e. The van der Waals surface area contributed by atoms with Crippen LogP contribution in [0.2, 0.25) is 0 Å². The van der Waals surface area contributed by atoms with Gasteiger partial charge in [-0.3, -0.25) is 4.79 Å². The number of nitrogens with zero attached hydrogens (tertiary/aromatic N) is 3. The highest BCUT2D eigenvalue weighted by Gasteiger charge is 2.27. The molecule has 1 saturated heterocycles. The van der Waals surface area contributed by atoms with Crippen LogP contribution in [0.1, 0.15) is 46.2 Å². The number of aromatic nitrogens is 2. The van der Waals surface area contributed by atoms with Crippen LogP contribution in [0.25, 0.3) is 11.0 Å². The second-order valence-electron chi connectivity index (χ2n) is 7.73. The van der Waals surface area contributed by atoms with Gasteiger partial charge in [-0.25, -0.2) is 4.98 Å². The van der Waals surface area contributed by atoms with E-state index in [1.54, 1.807) is 7.11 Å². The number of aryl methyl sites for hydroxylation is 3. The number of hydrogen-bond acceptors (Lipinski definition) is 3. The second kappa shape index (κ2) is 7.30. The predicted molar refractivity (Wildman–Crippen MR) is 111 cm³/mol. The van der Waals surface area contributed by atoms with Gasteiger partial charge in [0.1, 0.15) is 11.6 Å². The quantitative estimate of drug-likeness (QED) is 0.678. The molecule has 5 heteroatoms. The minimum Gasteiger partial charge on any atom is -0.497 e. The molecule has 2 aromatic carbocycles. The Bertz CT molecular complexity index is 1030. The second-order valence-corrected chi connectivity index (χ2v) is 7.73. The fourth-order valence-electron chi connectivity index (χ4n) is 4.28. The molecule has 2 heterocycles. The molecule has 0 N–H and O–H groups in total. The molecule has 0 spiro atoms. The van der Waals surface area contributed by atoms with Gasteiger partial charge < -0.3 is 14.2 Å². The van der Waals surface area contributed by atoms with Crippen molar-refractivity contribution in [3.63, 3.8) is 0 Å². The summed E-state index contributed by atoms with van der Waals surface area (Å²) in [6.45, 7) is 7.68. The topological polar surface area (TPSA) is 47.4 Å². The van der Waals surface area contributed by atoms with Crippen molar-refractivity contribution in [2.45, 2.75) is 39.7 Å². The minimum absolute atomic E-state index is 0.113. The van der Waals surface area contributed by atoms with Crippen molar-refractivity contribution >= 4 is 16.9 Å². The van der Waals surface area contributed by atoms with E-state index in [0.717, 1.165) is 54.1 Å². The standard InChI is InChI=1S/C23H27N3O2/c1-15-5-8-21-22(13-15)26(17(3)24-21)18-9-11-25(12-10-18)23(27)20-7-6-19(28-4)14-16(20)2/h5-8,13-14,18H,9-12H2,1-4H3. The number of rotatable bonds is 3. The highest BCUT2D eigenvalue weighted by Crippen LogP contribution is 2.30. The fraction of sp³-hybridized carbons (Fsp3) is 0.391. The van der Waals surface area contributed by atoms with Crippen molar-refractivity contribution in [2.75, 3.05) is 20.2 Å². The third-order valence-electron chi connectivity index (χ3n) is 5.80. The van der Waals surface area contributed by atoms with Crippen LogP contribution in [0, 0.1) is 20.8 Å². The molecule has 0 bridgehead atoms. The van der Waals surface area contributed by atoms with Crippen LogP contribution >= 0.6 is 0 Å². The summed E-state index contributed by atoms with van der Waals surface area (Å²) in [4.78, 5) is 19.7. The molecule has 5 nitrogen and oxygen atoms in total. The van der Waals surface area contributed by atoms with Gasteiger partial charge in [0.25, 0.3) is 5.91 Å². The number of ether oxygens (including phenoxy) is 1. The average molecular weight is 377 g/mol. The first kappa shape index (κ1) is 18.5. The van der Waals surface area contributed by atoms with E-state index in [4.69, 9.17) is 9.72 Å². The normalized spacial score (nSPS) is 15.2. The Labute approximate surface area is 165 Å². The van der Waals surface area contributed by atoms with Gasteiger partial charge in [0, 0.05) is 24.7 Å². The van der Waals surface area contributed by atoms with E-state index in [2.05, 4.69) is 36.6 Å². The Morgan fingerprint density at radius 3 is 2.50 bits per heavy atom. The van der Waals surface area contributed by atoms with E-state index in [-0.39, 0.29) is 5.91 Å². The van der Waals surface area contributed by atoms with Gasteiger partial charge in [0.2, 0.25) is 0 Å². The summed E-state index contributed by atoms with van der Waals surface area (Å²) < 4.78 is 7.62. The lowest BCUT2D eigenvalue weighted by Gasteiger charge is -2.33. The molecule has 1 aliphatic heterocycles. The molecule has 1 amide bonds. The lowest BCUT2D eigenvalue weighted by Crippen LogP contribution is -2.39. The molecule has 1 aromatic heterocycles. The first-order valence-corrected chi connectivity index (χ1v) is 9.87. The van der Waals surface area contributed by atoms with Gasteiger partial charge in [-0.1, -0.05) is 6.07 Å². The van der Waals surface area contributed by atoms with Crippen molar-refractivity contribution in [1.82, 2.24) is 14.5 Å². The maximum Gasteiger partial charge on any atom is 0.254 e. The van der Waals surface area contributed by atoms with Gasteiger partial charge in [-0.2, -0.15) is 0 Å². The Hall–Kier alpha value is -2.82. The van der Waals surface area contributed by atoms with E-state index in [0.29, 0.717) is 6.04 Å². The average Bonchev–Trinajstić information content (AvgIpc) is 3.02. The van der Waals surface area contributed by atoms with Crippen LogP contribution < -0.4 is 4.74 Å². The molecule has 28 heavy (non-hydrogen) atoms. The molecule has 0 aliphatic carbocycles. The Balaban J connectivity index is 1.52. The molecular formula is C23H27N3O2. The summed E-state index contributed by atoms with van der Waals surface area (Å²) >= 11 is 0. The monoisotopic (exact) mass is 377 g/mol. The molecule has 4 rings (SSSR count). The lowest BCUT2D eigenvalue weighted by molar-refractivity contribution is 0.0694. The molecule has 0 atom stereocenters. The molecule has 146 valence electrons. The van der Waals surface area contributed by atoms with Gasteiger partial charge >= 0.3 is 0 Å². The SMILES string of the molecule is COc1ccc(C(=O)N2CCC(n3c(C)nc4ccc(C)cc43)CC2)c(C)c1. The first-order chi connectivity index (χ1) is 13.5. The first-order valence-electron chi connectivity index (χ1n) is 9.87. The van der Waals surface area contributed by atoms with Crippen molar-refractivity contribution in [1.29, 1.82) is 0 Å². The van der Waals surface area contributed by atoms with Crippen LogP contribution in [0.4, 0.5) is 0 Å². The summed E-state index contributed by atoms with van der Waals surface area (Å²) in [7, 11) is 1.64. The van der Waals surface area contributed by atoms with E-state index < -0.39 is 0 Å². The zero-order valence-corrected chi connectivity index (χ0v) is 17.0. The molecule has 0 saturated carbocycles. The zero-order valence-electron chi connectivity index (χ0n) is 17.0. The molecule has 0 unspecified atom stereocenters. The number of amides is 1. The third kappa shape index (κ3) is 3.26. The van der Waals surface area contributed by atoms with Gasteiger partial charge in [-0.05, 0) is 75.1 Å². The van der Waals surface area contributed by atoms with Crippen LogP contribution in [-0.2, 0) is 0 Å². The number of methoxy groups -OCH3 is 1. The van der Waals surface area contributed by atoms with E-state index in [1.165, 1.54) is 11.1 Å². The zero-order chi connectivity index (χ0) is 19.8. The largest absolute Gasteiger partial charge is 0.497 e. The maximum absolute atomic E-state index is 13.0. The number of carbonyl (C=O) groups is 1. The van der Waals surface area contributed by atoms with Crippen LogP contribution in [0.15, 0.2) is 36.4 Å². The number of fused-ring (bicyclic) bond motifs is 1. The van der Waals surface area contributed by atoms with E-state index in [9.17, 15) is 4.79 Å². The van der Waals surface area contributed by atoms with Crippen molar-refractivity contribution in [2.24, 2.45) is 0 Å². The number of benzene rings is 2. The van der Waals surface area contributed by atoms with Gasteiger partial charge in [0.05, 0.1) is 18.1 Å². The van der Waals surface area contributed by atoms with Crippen molar-refractivity contribution in [3.05, 3.63) is 58.9 Å². The summed E-state index contributed by atoms with van der Waals surface area (Å²) in [6, 6.07) is 12.5. The van der Waals surface area contributed by atoms with Gasteiger partial charge in [0.15, 0.2) is 0 Å². The highest BCUT2D eigenvalue weighted by molar-refractivity contribution is 5.95. The van der Waals surface area contributed by atoms with Crippen molar-refractivity contribution < 1.29 is 9.53 Å². The summed E-state index contributed by atoms with van der Waals surface area (Å²) in [5.41, 5.74) is 5.22. The Morgan fingerprint density at radius 2 is 1.82 bits per heavy atom. The summed E-state index contributed by atoms with van der Waals surface area (Å²) in [5, 5.41) is 0. The van der Waals surface area contributed by atoms with E-state index in [1.807, 2.05) is 30.0 Å². The van der Waals surface area contributed by atoms with Crippen LogP contribution in [-0.4, -0.2) is 40.6 Å². The Morgan fingerprint density at radius 1 is 1.07 bits per heavy atom. The summed E-state index contributed by atoms with van der Waals surface area (Å²) in [6.07, 6.45) is 1.89. The number of likely N-dealkylation sites (tertiary alicyclic amines) is 1. The van der Waals surface area contributed by atoms with Gasteiger partial charge in [-0.15, -0.1) is 0 Å². The maximum atomic E-state index is 13.0. The number of carbonyl (C=O) groups excluding carboxylic acids is 1. The molecule has 1 aliphatic rings. The fourth-order valence-corrected chi connectivity index (χ4v) is 4.28. The van der Waals surface area contributed by atoms with E-state index >= 15 is 0 Å². The highest BCUT2D eigenvalue weighted by atomic mass is 16.5. The molecule has 1 fully saturated rings.